The Bertz CT molecular complexity index is 123. The third-order valence-electron chi connectivity index (χ3n) is 1.19. The molecule has 0 saturated carbocycles. The molecule has 10 heavy (non-hydrogen) atoms. The third kappa shape index (κ3) is 2.33. The minimum atomic E-state index is -0.913. The third-order valence-corrected chi connectivity index (χ3v) is 1.19. The van der Waals surface area contributed by atoms with Gasteiger partial charge < -0.3 is 15.8 Å². The molecule has 3 N–H and O–H groups in total. The van der Waals surface area contributed by atoms with Crippen molar-refractivity contribution < 1.29 is 9.53 Å². The molecule has 1 atom stereocenters. The minimum Gasteiger partial charge on any atom is -0.382 e. The zero-order chi connectivity index (χ0) is 8.20. The Balaban J connectivity index is 3.96. The molecule has 0 bridgehead atoms. The summed E-state index contributed by atoms with van der Waals surface area (Å²) in [5, 5.41) is 2.45. The summed E-state index contributed by atoms with van der Waals surface area (Å²) in [5.74, 6) is -0.214. The Kier molecular flexibility index (Phi) is 3.32. The Morgan fingerprint density at radius 3 is 2.60 bits per heavy atom. The molecule has 60 valence electrons. The summed E-state index contributed by atoms with van der Waals surface area (Å²) in [5.41, 5.74) is 4.63. The first-order chi connectivity index (χ1) is 4.54. The quantitative estimate of drug-likeness (QED) is 0.542. The lowest BCUT2D eigenvalue weighted by molar-refractivity contribution is -0.127. The molecule has 1 unspecified atom stereocenters. The number of likely N-dealkylation sites (N-methyl/N-ethyl adjacent to an activating group) is 1. The Morgan fingerprint density at radius 2 is 2.30 bits per heavy atom. The Morgan fingerprint density at radius 1 is 1.80 bits per heavy atom. The van der Waals surface area contributed by atoms with E-state index in [1.807, 2.05) is 0 Å². The molecule has 4 nitrogen and oxygen atoms in total. The standard InChI is InChI=1S/C6H14N2O2/c1-6(7,4-10-3)5(9)8-2/h4,7H2,1-3H3,(H,8,9). The van der Waals surface area contributed by atoms with Crippen molar-refractivity contribution in [3.8, 4) is 0 Å². The number of hydrogen-bond donors (Lipinski definition) is 2. The molecule has 0 fully saturated rings. The topological polar surface area (TPSA) is 64.4 Å². The fourth-order valence-electron chi connectivity index (χ4n) is 0.651. The molecule has 4 heteroatoms. The molecule has 0 heterocycles. The highest BCUT2D eigenvalue weighted by Gasteiger charge is 2.26. The molecule has 0 aliphatic heterocycles. The number of rotatable bonds is 3. The van der Waals surface area contributed by atoms with Gasteiger partial charge in [0.1, 0.15) is 5.54 Å². The summed E-state index contributed by atoms with van der Waals surface area (Å²) in [4.78, 5) is 10.9. The van der Waals surface area contributed by atoms with E-state index < -0.39 is 5.54 Å². The number of amides is 1. The summed E-state index contributed by atoms with van der Waals surface area (Å²) in [6, 6.07) is 0. The maximum absolute atomic E-state index is 10.9. The second-order valence-electron chi connectivity index (χ2n) is 2.43. The maximum Gasteiger partial charge on any atom is 0.241 e. The molecule has 0 aromatic heterocycles. The number of carbonyl (C=O) groups excluding carboxylic acids is 1. The van der Waals surface area contributed by atoms with Crippen molar-refractivity contribution in [3.05, 3.63) is 0 Å². The maximum atomic E-state index is 10.9. The normalized spacial score (nSPS) is 16.0. The van der Waals surface area contributed by atoms with Crippen LogP contribution in [0.1, 0.15) is 6.92 Å². The van der Waals surface area contributed by atoms with E-state index in [0.717, 1.165) is 0 Å². The van der Waals surface area contributed by atoms with Crippen LogP contribution < -0.4 is 11.1 Å². The van der Waals surface area contributed by atoms with Gasteiger partial charge in [0.05, 0.1) is 6.61 Å². The molecule has 0 rings (SSSR count). The highest BCUT2D eigenvalue weighted by atomic mass is 16.5. The fraction of sp³-hybridized carbons (Fsp3) is 0.833. The SMILES string of the molecule is CNC(=O)C(C)(N)COC. The van der Waals surface area contributed by atoms with Gasteiger partial charge in [0.25, 0.3) is 0 Å². The summed E-state index contributed by atoms with van der Waals surface area (Å²) in [7, 11) is 3.05. The van der Waals surface area contributed by atoms with Gasteiger partial charge in [-0.15, -0.1) is 0 Å². The summed E-state index contributed by atoms with van der Waals surface area (Å²) in [6.45, 7) is 1.85. The highest BCUT2D eigenvalue weighted by molar-refractivity contribution is 5.85. The zero-order valence-electron chi connectivity index (χ0n) is 6.60. The predicted octanol–water partition coefficient (Wildman–Crippen LogP) is -0.904. The van der Waals surface area contributed by atoms with E-state index in [4.69, 9.17) is 10.5 Å². The van der Waals surface area contributed by atoms with Gasteiger partial charge in [-0.25, -0.2) is 0 Å². The van der Waals surface area contributed by atoms with Crippen LogP contribution in [0, 0.1) is 0 Å². The molecule has 0 aliphatic carbocycles. The number of nitrogens with one attached hydrogen (secondary N) is 1. The second-order valence-corrected chi connectivity index (χ2v) is 2.43. The highest BCUT2D eigenvalue weighted by Crippen LogP contribution is 1.97. The average molecular weight is 146 g/mol. The van der Waals surface area contributed by atoms with E-state index in [9.17, 15) is 4.79 Å². The first-order valence-corrected chi connectivity index (χ1v) is 3.04. The molecule has 0 aliphatic rings. The summed E-state index contributed by atoms with van der Waals surface area (Å²) >= 11 is 0. The van der Waals surface area contributed by atoms with Crippen molar-refractivity contribution in [2.24, 2.45) is 5.73 Å². The van der Waals surface area contributed by atoms with Gasteiger partial charge in [-0.1, -0.05) is 0 Å². The lowest BCUT2D eigenvalue weighted by atomic mass is 10.1. The Labute approximate surface area is 60.7 Å². The van der Waals surface area contributed by atoms with Crippen LogP contribution in [-0.2, 0) is 9.53 Å². The molecule has 0 aromatic carbocycles. The molecule has 0 spiro atoms. The van der Waals surface area contributed by atoms with Gasteiger partial charge in [-0.3, -0.25) is 4.79 Å². The van der Waals surface area contributed by atoms with Crippen LogP contribution in [0.3, 0.4) is 0 Å². The number of nitrogens with two attached hydrogens (primary N) is 1. The van der Waals surface area contributed by atoms with Crippen LogP contribution >= 0.6 is 0 Å². The number of methoxy groups -OCH3 is 1. The molecular weight excluding hydrogens is 132 g/mol. The van der Waals surface area contributed by atoms with Gasteiger partial charge in [-0.05, 0) is 6.92 Å². The molecular formula is C6H14N2O2. The van der Waals surface area contributed by atoms with E-state index in [2.05, 4.69) is 5.32 Å². The minimum absolute atomic E-state index is 0.214. The van der Waals surface area contributed by atoms with Crippen LogP contribution in [0.15, 0.2) is 0 Å². The first-order valence-electron chi connectivity index (χ1n) is 3.04. The van der Waals surface area contributed by atoms with Crippen molar-refractivity contribution in [2.75, 3.05) is 20.8 Å². The lowest BCUT2D eigenvalue weighted by Crippen LogP contribution is -2.53. The van der Waals surface area contributed by atoms with Gasteiger partial charge in [0, 0.05) is 14.2 Å². The smallest absolute Gasteiger partial charge is 0.241 e. The van der Waals surface area contributed by atoms with Gasteiger partial charge >= 0.3 is 0 Å². The first kappa shape index (κ1) is 9.39. The summed E-state index contributed by atoms with van der Waals surface area (Å²) in [6.07, 6.45) is 0. The van der Waals surface area contributed by atoms with Crippen LogP contribution in [0.25, 0.3) is 0 Å². The van der Waals surface area contributed by atoms with Crippen LogP contribution in [0.4, 0.5) is 0 Å². The zero-order valence-corrected chi connectivity index (χ0v) is 6.60. The number of hydrogen-bond acceptors (Lipinski definition) is 3. The average Bonchev–Trinajstić information content (AvgIpc) is 1.86. The molecule has 0 aromatic rings. The van der Waals surface area contributed by atoms with E-state index in [1.165, 1.54) is 7.11 Å². The van der Waals surface area contributed by atoms with Crippen molar-refractivity contribution >= 4 is 5.91 Å². The van der Waals surface area contributed by atoms with E-state index >= 15 is 0 Å². The van der Waals surface area contributed by atoms with E-state index in [0.29, 0.717) is 0 Å². The van der Waals surface area contributed by atoms with Crippen molar-refractivity contribution in [1.82, 2.24) is 5.32 Å². The van der Waals surface area contributed by atoms with Gasteiger partial charge in [0.2, 0.25) is 5.91 Å². The van der Waals surface area contributed by atoms with Gasteiger partial charge in [-0.2, -0.15) is 0 Å². The molecule has 1 amide bonds. The number of carbonyl (C=O) groups is 1. The van der Waals surface area contributed by atoms with Crippen LogP contribution in [0.2, 0.25) is 0 Å². The van der Waals surface area contributed by atoms with Crippen molar-refractivity contribution in [1.29, 1.82) is 0 Å². The Hall–Kier alpha value is -0.610. The molecule has 0 radical (unpaired) electrons. The van der Waals surface area contributed by atoms with Crippen LogP contribution in [-0.4, -0.2) is 32.2 Å². The van der Waals surface area contributed by atoms with Crippen molar-refractivity contribution in [2.45, 2.75) is 12.5 Å². The molecule has 0 saturated heterocycles. The number of ether oxygens (including phenoxy) is 1. The largest absolute Gasteiger partial charge is 0.382 e. The van der Waals surface area contributed by atoms with Crippen LogP contribution in [0.5, 0.6) is 0 Å². The van der Waals surface area contributed by atoms with E-state index in [1.54, 1.807) is 14.0 Å². The lowest BCUT2D eigenvalue weighted by Gasteiger charge is -2.20. The van der Waals surface area contributed by atoms with E-state index in [-0.39, 0.29) is 12.5 Å². The van der Waals surface area contributed by atoms with Crippen molar-refractivity contribution in [3.63, 3.8) is 0 Å². The second kappa shape index (κ2) is 3.53. The monoisotopic (exact) mass is 146 g/mol. The van der Waals surface area contributed by atoms with Gasteiger partial charge in [0.15, 0.2) is 0 Å². The summed E-state index contributed by atoms with van der Waals surface area (Å²) < 4.78 is 4.74. The predicted molar refractivity (Wildman–Crippen MR) is 38.5 cm³/mol. The fourth-order valence-corrected chi connectivity index (χ4v) is 0.651.